The van der Waals surface area contributed by atoms with Crippen LogP contribution < -0.4 is 0 Å². The first-order valence-electron chi connectivity index (χ1n) is 1.64. The lowest BCUT2D eigenvalue weighted by Gasteiger charge is -1.79. The first-order valence-corrected chi connectivity index (χ1v) is 2.54. The van der Waals surface area contributed by atoms with Crippen LogP contribution in [0.15, 0.2) is 9.81 Å². The van der Waals surface area contributed by atoms with E-state index in [-0.39, 0.29) is 9.81 Å². The van der Waals surface area contributed by atoms with Gasteiger partial charge in [0, 0.05) is 0 Å². The van der Waals surface area contributed by atoms with Crippen LogP contribution in [0.4, 0.5) is 0 Å². The highest BCUT2D eigenvalue weighted by Gasteiger charge is 1.91. The van der Waals surface area contributed by atoms with E-state index in [2.05, 4.69) is 25.3 Å². The molecule has 0 saturated heterocycles. The number of rotatable bonds is 0. The average Bonchev–Trinajstić information content (AvgIpc) is 1.84. The Bertz CT molecular complexity index is 171. The lowest BCUT2D eigenvalue weighted by atomic mass is 10.5. The maximum Gasteiger partial charge on any atom is 0.108 e. The van der Waals surface area contributed by atoms with Crippen molar-refractivity contribution in [3.63, 3.8) is 0 Å². The summed E-state index contributed by atoms with van der Waals surface area (Å²) in [7, 11) is 0. The Labute approximate surface area is 58.2 Å². The fraction of sp³-hybridized carbons (Fsp3) is 0. The minimum Gasteiger partial charge on any atom is -0.192 e. The van der Waals surface area contributed by atoms with E-state index in [9.17, 15) is 0 Å². The molecule has 0 atom stereocenters. The van der Waals surface area contributed by atoms with Gasteiger partial charge in [0.25, 0.3) is 0 Å². The highest BCUT2D eigenvalue weighted by molar-refractivity contribution is 7.89. The highest BCUT2D eigenvalue weighted by Crippen LogP contribution is 2.08. The van der Waals surface area contributed by atoms with Gasteiger partial charge in [0.2, 0.25) is 0 Å². The van der Waals surface area contributed by atoms with E-state index >= 15 is 0 Å². The Morgan fingerprint density at radius 2 is 1.25 bits per heavy atom. The summed E-state index contributed by atoms with van der Waals surface area (Å²) in [5.74, 6) is 0. The van der Waals surface area contributed by atoms with Gasteiger partial charge in [-0.3, -0.25) is 0 Å². The van der Waals surface area contributed by atoms with Crippen molar-refractivity contribution in [2.75, 3.05) is 0 Å². The zero-order valence-electron chi connectivity index (χ0n) is 3.79. The summed E-state index contributed by atoms with van der Waals surface area (Å²) in [5.41, 5.74) is 0. The Kier molecular flexibility index (Phi) is 3.18. The molecular formula is C4H2N2S2. The predicted octanol–water partition coefficient (Wildman–Crippen LogP) is 1.10. The van der Waals surface area contributed by atoms with Crippen molar-refractivity contribution in [2.24, 2.45) is 0 Å². The van der Waals surface area contributed by atoms with E-state index in [1.807, 2.05) is 0 Å². The summed E-state index contributed by atoms with van der Waals surface area (Å²) < 4.78 is 0. The molecular weight excluding hydrogens is 140 g/mol. The number of nitrogens with zero attached hydrogens (tertiary/aromatic N) is 2. The molecule has 0 rings (SSSR count). The largest absolute Gasteiger partial charge is 0.192 e. The van der Waals surface area contributed by atoms with E-state index in [1.165, 1.54) is 0 Å². The molecule has 0 unspecified atom stereocenters. The second-order valence-electron chi connectivity index (χ2n) is 0.921. The molecule has 0 aliphatic rings. The highest BCUT2D eigenvalue weighted by atomic mass is 32.1. The lowest BCUT2D eigenvalue weighted by Crippen LogP contribution is -1.66. The SMILES string of the molecule is N#CC(S)=C(S)C#N. The molecule has 0 radical (unpaired) electrons. The van der Waals surface area contributed by atoms with Crippen LogP contribution in [0.2, 0.25) is 0 Å². The van der Waals surface area contributed by atoms with Crippen molar-refractivity contribution in [3.05, 3.63) is 9.81 Å². The van der Waals surface area contributed by atoms with E-state index in [4.69, 9.17) is 10.5 Å². The zero-order chi connectivity index (χ0) is 6.57. The topological polar surface area (TPSA) is 47.6 Å². The number of hydrogen-bond acceptors (Lipinski definition) is 4. The van der Waals surface area contributed by atoms with Crippen LogP contribution in [0.3, 0.4) is 0 Å². The van der Waals surface area contributed by atoms with Gasteiger partial charge in [0.05, 0.1) is 0 Å². The Morgan fingerprint density at radius 1 is 1.00 bits per heavy atom. The molecule has 0 fully saturated rings. The van der Waals surface area contributed by atoms with Crippen LogP contribution in [0.5, 0.6) is 0 Å². The summed E-state index contributed by atoms with van der Waals surface area (Å²) in [6.45, 7) is 0. The fourth-order valence-electron chi connectivity index (χ4n) is 0.106. The van der Waals surface area contributed by atoms with Gasteiger partial charge < -0.3 is 0 Å². The first kappa shape index (κ1) is 7.42. The normalized spacial score (nSPS) is 11.0. The van der Waals surface area contributed by atoms with Crippen LogP contribution in [-0.2, 0) is 0 Å². The maximum atomic E-state index is 8.05. The number of nitriles is 2. The van der Waals surface area contributed by atoms with Gasteiger partial charge in [0.15, 0.2) is 0 Å². The van der Waals surface area contributed by atoms with Crippen molar-refractivity contribution in [1.82, 2.24) is 0 Å². The van der Waals surface area contributed by atoms with Crippen LogP contribution in [0.25, 0.3) is 0 Å². The second kappa shape index (κ2) is 3.43. The third kappa shape index (κ3) is 1.92. The molecule has 4 heteroatoms. The summed E-state index contributed by atoms with van der Waals surface area (Å²) in [6, 6.07) is 3.32. The molecule has 0 spiro atoms. The third-order valence-corrected chi connectivity index (χ3v) is 1.26. The molecule has 8 heavy (non-hydrogen) atoms. The molecule has 0 heterocycles. The number of thiol groups is 2. The number of hydrogen-bond donors (Lipinski definition) is 2. The van der Waals surface area contributed by atoms with Crippen LogP contribution in [-0.4, -0.2) is 0 Å². The standard InChI is InChI=1S/C4H2N2S2/c5-1-3(7)4(8)2-6/h7-8H. The zero-order valence-corrected chi connectivity index (χ0v) is 5.58. The van der Waals surface area contributed by atoms with Crippen LogP contribution in [0, 0.1) is 22.7 Å². The maximum absolute atomic E-state index is 8.05. The van der Waals surface area contributed by atoms with E-state index < -0.39 is 0 Å². The van der Waals surface area contributed by atoms with Gasteiger partial charge in [-0.1, -0.05) is 0 Å². The van der Waals surface area contributed by atoms with Crippen molar-refractivity contribution in [2.45, 2.75) is 0 Å². The number of allylic oxidation sites excluding steroid dienone is 2. The van der Waals surface area contributed by atoms with Gasteiger partial charge in [-0.25, -0.2) is 0 Å². The minimum absolute atomic E-state index is 0.0517. The molecule has 0 saturated carbocycles. The van der Waals surface area contributed by atoms with Gasteiger partial charge in [-0.05, 0) is 0 Å². The molecule has 0 aliphatic carbocycles. The second-order valence-corrected chi connectivity index (χ2v) is 1.82. The van der Waals surface area contributed by atoms with Crippen molar-refractivity contribution in [1.29, 1.82) is 10.5 Å². The summed E-state index contributed by atoms with van der Waals surface area (Å²) in [4.78, 5) is 0.103. The summed E-state index contributed by atoms with van der Waals surface area (Å²) >= 11 is 7.25. The molecule has 0 N–H and O–H groups in total. The average molecular weight is 142 g/mol. The Hall–Kier alpha value is -0.580. The Morgan fingerprint density at radius 3 is 1.38 bits per heavy atom. The Balaban J connectivity index is 4.41. The van der Waals surface area contributed by atoms with E-state index in [0.29, 0.717) is 0 Å². The first-order chi connectivity index (χ1) is 3.72. The van der Waals surface area contributed by atoms with Gasteiger partial charge in [0.1, 0.15) is 21.9 Å². The summed E-state index contributed by atoms with van der Waals surface area (Å²) in [5, 5.41) is 16.1. The monoisotopic (exact) mass is 142 g/mol. The molecule has 0 bridgehead atoms. The molecule has 0 aromatic carbocycles. The van der Waals surface area contributed by atoms with Crippen LogP contribution in [0.1, 0.15) is 0 Å². The third-order valence-electron chi connectivity index (χ3n) is 0.436. The quantitative estimate of drug-likeness (QED) is 0.393. The molecule has 40 valence electrons. The molecule has 2 nitrogen and oxygen atoms in total. The summed E-state index contributed by atoms with van der Waals surface area (Å²) in [6.07, 6.45) is 0. The molecule has 0 aromatic rings. The van der Waals surface area contributed by atoms with E-state index in [0.717, 1.165) is 0 Å². The molecule has 0 aromatic heterocycles. The smallest absolute Gasteiger partial charge is 0.108 e. The van der Waals surface area contributed by atoms with Crippen molar-refractivity contribution < 1.29 is 0 Å². The van der Waals surface area contributed by atoms with Gasteiger partial charge >= 0.3 is 0 Å². The molecule has 0 aliphatic heterocycles. The predicted molar refractivity (Wildman–Crippen MR) is 36.2 cm³/mol. The fourth-order valence-corrected chi connectivity index (χ4v) is 0.206. The van der Waals surface area contributed by atoms with Crippen LogP contribution >= 0.6 is 25.3 Å². The van der Waals surface area contributed by atoms with Gasteiger partial charge in [-0.15, -0.1) is 25.3 Å². The minimum atomic E-state index is 0.0517. The van der Waals surface area contributed by atoms with Gasteiger partial charge in [-0.2, -0.15) is 10.5 Å². The van der Waals surface area contributed by atoms with Crippen molar-refractivity contribution >= 4 is 25.3 Å². The lowest BCUT2D eigenvalue weighted by molar-refractivity contribution is 1.50. The van der Waals surface area contributed by atoms with Crippen molar-refractivity contribution in [3.8, 4) is 12.1 Å². The molecule has 0 amide bonds. The van der Waals surface area contributed by atoms with E-state index in [1.54, 1.807) is 12.1 Å².